The molecule has 1 aliphatic rings. The second kappa shape index (κ2) is 4.82. The van der Waals surface area contributed by atoms with Crippen molar-refractivity contribution >= 4 is 22.5 Å². The number of fused-ring (bicyclic) bond motifs is 1. The van der Waals surface area contributed by atoms with Gasteiger partial charge in [0.15, 0.2) is 0 Å². The van der Waals surface area contributed by atoms with Gasteiger partial charge in [0, 0.05) is 17.8 Å². The molecule has 3 heteroatoms. The maximum Gasteiger partial charge on any atom is 0.0709 e. The second-order valence-corrected chi connectivity index (χ2v) is 6.29. The van der Waals surface area contributed by atoms with E-state index in [4.69, 9.17) is 16.7 Å². The van der Waals surface area contributed by atoms with Gasteiger partial charge in [0.25, 0.3) is 0 Å². The summed E-state index contributed by atoms with van der Waals surface area (Å²) in [7, 11) is 0. The lowest BCUT2D eigenvalue weighted by Crippen LogP contribution is -2.24. The van der Waals surface area contributed by atoms with Crippen molar-refractivity contribution in [1.29, 1.82) is 0 Å². The number of para-hydroxylation sites is 1. The van der Waals surface area contributed by atoms with E-state index in [1.807, 2.05) is 0 Å². The van der Waals surface area contributed by atoms with Gasteiger partial charge in [-0.1, -0.05) is 25.1 Å². The molecule has 1 fully saturated rings. The molecule has 0 N–H and O–H groups in total. The first kappa shape index (κ1) is 13.0. The topological polar surface area (TPSA) is 17.8 Å². The maximum atomic E-state index is 6.25. The van der Waals surface area contributed by atoms with Crippen molar-refractivity contribution < 1.29 is 0 Å². The standard InChI is InChI=1S/C16H21ClN2/c1-3-19-15-7-5-4-6-13(15)14(18-19)10-16(2,11-17)12-8-9-12/h4-7,12H,3,8-11H2,1-2H3. The Bertz CT molecular complexity index is 585. The van der Waals surface area contributed by atoms with Crippen LogP contribution in [0, 0.1) is 11.3 Å². The summed E-state index contributed by atoms with van der Waals surface area (Å²) in [5.74, 6) is 1.51. The fourth-order valence-corrected chi connectivity index (χ4v) is 3.34. The molecule has 1 aromatic carbocycles. The van der Waals surface area contributed by atoms with Crippen molar-refractivity contribution in [3.05, 3.63) is 30.0 Å². The van der Waals surface area contributed by atoms with Gasteiger partial charge >= 0.3 is 0 Å². The molecule has 1 saturated carbocycles. The first-order valence-corrected chi connectivity index (χ1v) is 7.72. The molecular weight excluding hydrogens is 256 g/mol. The Morgan fingerprint density at radius 2 is 2.11 bits per heavy atom. The van der Waals surface area contributed by atoms with E-state index >= 15 is 0 Å². The van der Waals surface area contributed by atoms with Crippen LogP contribution in [0.5, 0.6) is 0 Å². The molecule has 102 valence electrons. The van der Waals surface area contributed by atoms with Gasteiger partial charge < -0.3 is 0 Å². The monoisotopic (exact) mass is 276 g/mol. The Morgan fingerprint density at radius 1 is 1.37 bits per heavy atom. The van der Waals surface area contributed by atoms with Crippen molar-refractivity contribution in [2.24, 2.45) is 11.3 Å². The van der Waals surface area contributed by atoms with E-state index < -0.39 is 0 Å². The third-order valence-electron chi connectivity index (χ3n) is 4.47. The second-order valence-electron chi connectivity index (χ2n) is 6.02. The van der Waals surface area contributed by atoms with Crippen LogP contribution in [0.1, 0.15) is 32.4 Å². The van der Waals surface area contributed by atoms with E-state index in [2.05, 4.69) is 42.8 Å². The van der Waals surface area contributed by atoms with E-state index in [1.165, 1.54) is 29.4 Å². The van der Waals surface area contributed by atoms with Gasteiger partial charge in [0.1, 0.15) is 0 Å². The average molecular weight is 277 g/mol. The van der Waals surface area contributed by atoms with E-state index in [1.54, 1.807) is 0 Å². The molecule has 0 saturated heterocycles. The van der Waals surface area contributed by atoms with Crippen LogP contribution < -0.4 is 0 Å². The predicted molar refractivity (Wildman–Crippen MR) is 80.7 cm³/mol. The normalized spacial score (nSPS) is 18.7. The van der Waals surface area contributed by atoms with Gasteiger partial charge in [-0.15, -0.1) is 11.6 Å². The number of aryl methyl sites for hydroxylation is 1. The zero-order valence-corrected chi connectivity index (χ0v) is 12.5. The van der Waals surface area contributed by atoms with Crippen LogP contribution in [-0.4, -0.2) is 15.7 Å². The highest BCUT2D eigenvalue weighted by Crippen LogP contribution is 2.48. The molecule has 0 aliphatic heterocycles. The minimum Gasteiger partial charge on any atom is -0.265 e. The smallest absolute Gasteiger partial charge is 0.0709 e. The summed E-state index contributed by atoms with van der Waals surface area (Å²) in [4.78, 5) is 0. The molecule has 0 spiro atoms. The SMILES string of the molecule is CCn1nc(CC(C)(CCl)C2CC2)c2ccccc21. The third kappa shape index (κ3) is 2.27. The maximum absolute atomic E-state index is 6.25. The van der Waals surface area contributed by atoms with Crippen LogP contribution in [-0.2, 0) is 13.0 Å². The summed E-state index contributed by atoms with van der Waals surface area (Å²) in [6.07, 6.45) is 3.65. The van der Waals surface area contributed by atoms with Gasteiger partial charge in [-0.2, -0.15) is 5.10 Å². The molecule has 0 amide bonds. The number of benzene rings is 1. The largest absolute Gasteiger partial charge is 0.265 e. The van der Waals surface area contributed by atoms with Crippen molar-refractivity contribution in [3.63, 3.8) is 0 Å². The number of halogens is 1. The highest BCUT2D eigenvalue weighted by atomic mass is 35.5. The van der Waals surface area contributed by atoms with Gasteiger partial charge in [-0.05, 0) is 43.6 Å². The predicted octanol–water partition coefficient (Wildman–Crippen LogP) is 4.25. The summed E-state index contributed by atoms with van der Waals surface area (Å²) < 4.78 is 2.10. The van der Waals surface area contributed by atoms with Crippen molar-refractivity contribution in [3.8, 4) is 0 Å². The molecule has 1 aliphatic carbocycles. The van der Waals surface area contributed by atoms with E-state index in [9.17, 15) is 0 Å². The molecule has 3 rings (SSSR count). The van der Waals surface area contributed by atoms with Gasteiger partial charge in [0.2, 0.25) is 0 Å². The summed E-state index contributed by atoms with van der Waals surface area (Å²) >= 11 is 6.25. The lowest BCUT2D eigenvalue weighted by Gasteiger charge is -2.26. The molecule has 1 aromatic heterocycles. The molecule has 2 aromatic rings. The number of nitrogens with zero attached hydrogens (tertiary/aromatic N) is 2. The summed E-state index contributed by atoms with van der Waals surface area (Å²) in [6, 6.07) is 8.53. The molecular formula is C16H21ClN2. The fraction of sp³-hybridized carbons (Fsp3) is 0.562. The van der Waals surface area contributed by atoms with Gasteiger partial charge in [-0.3, -0.25) is 4.68 Å². The Kier molecular flexibility index (Phi) is 3.30. The fourth-order valence-electron chi connectivity index (χ4n) is 3.03. The molecule has 0 bridgehead atoms. The number of rotatable bonds is 5. The quantitative estimate of drug-likeness (QED) is 0.747. The van der Waals surface area contributed by atoms with Gasteiger partial charge in [-0.25, -0.2) is 0 Å². The van der Waals surface area contributed by atoms with Crippen LogP contribution in [0.2, 0.25) is 0 Å². The Hall–Kier alpha value is -1.02. The summed E-state index contributed by atoms with van der Waals surface area (Å²) in [5, 5.41) is 6.10. The zero-order valence-electron chi connectivity index (χ0n) is 11.7. The number of alkyl halides is 1. The minimum absolute atomic E-state index is 0.206. The van der Waals surface area contributed by atoms with Crippen LogP contribution in [0.4, 0.5) is 0 Å². The van der Waals surface area contributed by atoms with E-state index in [-0.39, 0.29) is 5.41 Å². The lowest BCUT2D eigenvalue weighted by atomic mass is 9.82. The Labute approximate surface area is 119 Å². The molecule has 1 heterocycles. The van der Waals surface area contributed by atoms with Crippen molar-refractivity contribution in [1.82, 2.24) is 9.78 Å². The molecule has 1 unspecified atom stereocenters. The highest BCUT2D eigenvalue weighted by molar-refractivity contribution is 6.18. The third-order valence-corrected chi connectivity index (χ3v) is 5.08. The minimum atomic E-state index is 0.206. The summed E-state index contributed by atoms with van der Waals surface area (Å²) in [5.41, 5.74) is 2.66. The van der Waals surface area contributed by atoms with Crippen molar-refractivity contribution in [2.75, 3.05) is 5.88 Å². The van der Waals surface area contributed by atoms with Crippen LogP contribution in [0.25, 0.3) is 10.9 Å². The molecule has 2 nitrogen and oxygen atoms in total. The van der Waals surface area contributed by atoms with Crippen LogP contribution in [0.15, 0.2) is 24.3 Å². The lowest BCUT2D eigenvalue weighted by molar-refractivity contribution is 0.310. The number of hydrogen-bond donors (Lipinski definition) is 0. The Balaban J connectivity index is 2.00. The molecule has 0 radical (unpaired) electrons. The number of aromatic nitrogens is 2. The van der Waals surface area contributed by atoms with Crippen LogP contribution in [0.3, 0.4) is 0 Å². The van der Waals surface area contributed by atoms with Crippen molar-refractivity contribution in [2.45, 2.75) is 39.7 Å². The first-order chi connectivity index (χ1) is 9.18. The summed E-state index contributed by atoms with van der Waals surface area (Å²) in [6.45, 7) is 5.38. The van der Waals surface area contributed by atoms with E-state index in [0.29, 0.717) is 0 Å². The first-order valence-electron chi connectivity index (χ1n) is 7.18. The molecule has 19 heavy (non-hydrogen) atoms. The molecule has 1 atom stereocenters. The Morgan fingerprint density at radius 3 is 2.74 bits per heavy atom. The average Bonchev–Trinajstić information content (AvgIpc) is 3.24. The van der Waals surface area contributed by atoms with Gasteiger partial charge in [0.05, 0.1) is 11.2 Å². The van der Waals surface area contributed by atoms with Crippen LogP contribution >= 0.6 is 11.6 Å². The zero-order chi connectivity index (χ0) is 13.5. The number of hydrogen-bond acceptors (Lipinski definition) is 1. The highest BCUT2D eigenvalue weighted by Gasteiger charge is 2.41. The van der Waals surface area contributed by atoms with E-state index in [0.717, 1.165) is 24.8 Å².